The third-order valence-electron chi connectivity index (χ3n) is 6.89. The Morgan fingerprint density at radius 2 is 1.77 bits per heavy atom. The van der Waals surface area contributed by atoms with Crippen LogP contribution < -0.4 is 25.0 Å². The molecule has 4 aromatic rings. The summed E-state index contributed by atoms with van der Waals surface area (Å²) < 4.78 is 10.8. The van der Waals surface area contributed by atoms with Crippen LogP contribution >= 0.6 is 11.6 Å². The molecule has 1 aliphatic rings. The molecule has 39 heavy (non-hydrogen) atoms. The third-order valence-corrected chi connectivity index (χ3v) is 7.13. The molecule has 1 aliphatic heterocycles. The van der Waals surface area contributed by atoms with Crippen LogP contribution in [-0.4, -0.2) is 69.3 Å². The van der Waals surface area contributed by atoms with Crippen molar-refractivity contribution in [2.45, 2.75) is 0 Å². The second-order valence-corrected chi connectivity index (χ2v) is 9.76. The van der Waals surface area contributed by atoms with E-state index < -0.39 is 0 Å². The highest BCUT2D eigenvalue weighted by atomic mass is 35.5. The fourth-order valence-electron chi connectivity index (χ4n) is 4.79. The monoisotopic (exact) mass is 545 g/mol. The first-order chi connectivity index (χ1) is 19.0. The van der Waals surface area contributed by atoms with Crippen LogP contribution in [0.3, 0.4) is 0 Å². The molecule has 0 radical (unpaired) electrons. The lowest BCUT2D eigenvalue weighted by atomic mass is 10.1. The normalized spacial score (nSPS) is 13.8. The fourth-order valence-corrected chi connectivity index (χ4v) is 4.98. The van der Waals surface area contributed by atoms with Gasteiger partial charge in [-0.25, -0.2) is 4.98 Å². The number of pyridine rings is 1. The van der Waals surface area contributed by atoms with Crippen molar-refractivity contribution in [3.05, 3.63) is 83.4 Å². The van der Waals surface area contributed by atoms with Crippen molar-refractivity contribution in [1.29, 1.82) is 0 Å². The number of anilines is 3. The summed E-state index contributed by atoms with van der Waals surface area (Å²) in [4.78, 5) is 22.8. The molecule has 1 aromatic heterocycles. The molecule has 0 saturated carbocycles. The van der Waals surface area contributed by atoms with Gasteiger partial charge in [-0.3, -0.25) is 9.69 Å². The second kappa shape index (κ2) is 12.2. The summed E-state index contributed by atoms with van der Waals surface area (Å²) in [6.07, 6.45) is 0. The highest BCUT2D eigenvalue weighted by molar-refractivity contribution is 6.30. The number of para-hydroxylation sites is 1. The van der Waals surface area contributed by atoms with Crippen LogP contribution in [0.25, 0.3) is 10.9 Å². The molecule has 2 heterocycles. The highest BCUT2D eigenvalue weighted by Gasteiger charge is 2.18. The van der Waals surface area contributed by atoms with Gasteiger partial charge in [0.05, 0.1) is 31.0 Å². The van der Waals surface area contributed by atoms with Crippen molar-refractivity contribution < 1.29 is 14.3 Å². The van der Waals surface area contributed by atoms with Gasteiger partial charge in [-0.2, -0.15) is 0 Å². The van der Waals surface area contributed by atoms with E-state index in [4.69, 9.17) is 26.1 Å². The summed E-state index contributed by atoms with van der Waals surface area (Å²) in [5, 5.41) is 7.96. The van der Waals surface area contributed by atoms with E-state index in [0.29, 0.717) is 29.4 Å². The average molecular weight is 546 g/mol. The van der Waals surface area contributed by atoms with Gasteiger partial charge in [0.1, 0.15) is 17.3 Å². The van der Waals surface area contributed by atoms with Gasteiger partial charge in [-0.15, -0.1) is 0 Å². The zero-order valence-electron chi connectivity index (χ0n) is 22.1. The quantitative estimate of drug-likeness (QED) is 0.299. The molecule has 0 unspecified atom stereocenters. The number of halogens is 1. The molecule has 0 atom stereocenters. The molecule has 5 rings (SSSR count). The van der Waals surface area contributed by atoms with Gasteiger partial charge < -0.3 is 25.0 Å². The Labute approximate surface area is 233 Å². The van der Waals surface area contributed by atoms with Gasteiger partial charge in [0.2, 0.25) is 0 Å². The standard InChI is InChI=1S/C30H32ClN5O3/c1-38-23-10-11-27(28(19-23)39-2)34-29-20-25(24-8-3-4-9-26(24)33-29)30(37)32-12-13-35-14-16-36(17-15-35)22-7-5-6-21(31)18-22/h3-11,18-20H,12-17H2,1-2H3,(H,32,37)(H,33,34). The van der Waals surface area contributed by atoms with E-state index in [2.05, 4.69) is 26.5 Å². The molecule has 3 aromatic carbocycles. The van der Waals surface area contributed by atoms with E-state index in [1.54, 1.807) is 26.4 Å². The van der Waals surface area contributed by atoms with Gasteiger partial charge in [0.15, 0.2) is 0 Å². The smallest absolute Gasteiger partial charge is 0.252 e. The van der Waals surface area contributed by atoms with Gasteiger partial charge >= 0.3 is 0 Å². The number of carbonyl (C=O) groups is 1. The minimum absolute atomic E-state index is 0.129. The predicted octanol–water partition coefficient (Wildman–Crippen LogP) is 5.20. The maximum absolute atomic E-state index is 13.3. The number of amides is 1. The number of hydrogen-bond acceptors (Lipinski definition) is 7. The zero-order chi connectivity index (χ0) is 27.2. The summed E-state index contributed by atoms with van der Waals surface area (Å²) in [5.74, 6) is 1.73. The van der Waals surface area contributed by atoms with Crippen molar-refractivity contribution in [1.82, 2.24) is 15.2 Å². The SMILES string of the molecule is COc1ccc(Nc2cc(C(=O)NCCN3CCN(c4cccc(Cl)c4)CC3)c3ccccc3n2)c(OC)c1. The van der Waals surface area contributed by atoms with Crippen LogP contribution in [0, 0.1) is 0 Å². The second-order valence-electron chi connectivity index (χ2n) is 9.33. The number of fused-ring (bicyclic) bond motifs is 1. The molecular formula is C30H32ClN5O3. The number of methoxy groups -OCH3 is 2. The molecule has 9 heteroatoms. The van der Waals surface area contributed by atoms with Crippen molar-refractivity contribution in [3.8, 4) is 11.5 Å². The number of aromatic nitrogens is 1. The van der Waals surface area contributed by atoms with Crippen molar-refractivity contribution in [2.24, 2.45) is 0 Å². The average Bonchev–Trinajstić information content (AvgIpc) is 2.97. The molecule has 1 saturated heterocycles. The van der Waals surface area contributed by atoms with Crippen LogP contribution in [0.1, 0.15) is 10.4 Å². The first kappa shape index (κ1) is 26.6. The van der Waals surface area contributed by atoms with E-state index in [9.17, 15) is 4.79 Å². The Morgan fingerprint density at radius 3 is 2.54 bits per heavy atom. The van der Waals surface area contributed by atoms with Crippen LogP contribution in [0.5, 0.6) is 11.5 Å². The van der Waals surface area contributed by atoms with Crippen LogP contribution in [0.15, 0.2) is 72.8 Å². The lowest BCUT2D eigenvalue weighted by Gasteiger charge is -2.36. The molecule has 0 bridgehead atoms. The first-order valence-electron chi connectivity index (χ1n) is 12.9. The largest absolute Gasteiger partial charge is 0.497 e. The molecular weight excluding hydrogens is 514 g/mol. The van der Waals surface area contributed by atoms with Crippen molar-refractivity contribution >= 4 is 45.6 Å². The topological polar surface area (TPSA) is 79.0 Å². The van der Waals surface area contributed by atoms with Gasteiger partial charge in [0, 0.05) is 61.4 Å². The summed E-state index contributed by atoms with van der Waals surface area (Å²) in [6, 6.07) is 22.9. The lowest BCUT2D eigenvalue weighted by Crippen LogP contribution is -2.48. The van der Waals surface area contributed by atoms with E-state index in [1.807, 2.05) is 54.6 Å². The zero-order valence-corrected chi connectivity index (χ0v) is 22.9. The summed E-state index contributed by atoms with van der Waals surface area (Å²) in [5.41, 5.74) is 3.18. The number of ether oxygens (including phenoxy) is 2. The number of nitrogens with zero attached hydrogens (tertiary/aromatic N) is 3. The minimum Gasteiger partial charge on any atom is -0.497 e. The van der Waals surface area contributed by atoms with Gasteiger partial charge in [-0.1, -0.05) is 35.9 Å². The van der Waals surface area contributed by atoms with Crippen LogP contribution in [-0.2, 0) is 0 Å². The van der Waals surface area contributed by atoms with Gasteiger partial charge in [-0.05, 0) is 42.5 Å². The minimum atomic E-state index is -0.129. The third kappa shape index (κ3) is 6.35. The predicted molar refractivity (Wildman–Crippen MR) is 157 cm³/mol. The van der Waals surface area contributed by atoms with Crippen LogP contribution in [0.4, 0.5) is 17.2 Å². The Balaban J connectivity index is 1.23. The Bertz CT molecular complexity index is 1460. The maximum atomic E-state index is 13.3. The Hall–Kier alpha value is -4.01. The number of piperazine rings is 1. The first-order valence-corrected chi connectivity index (χ1v) is 13.3. The lowest BCUT2D eigenvalue weighted by molar-refractivity contribution is 0.0949. The molecule has 1 fully saturated rings. The summed E-state index contributed by atoms with van der Waals surface area (Å²) >= 11 is 6.16. The molecule has 1 amide bonds. The summed E-state index contributed by atoms with van der Waals surface area (Å²) in [7, 11) is 3.21. The molecule has 0 aliphatic carbocycles. The maximum Gasteiger partial charge on any atom is 0.252 e. The molecule has 8 nitrogen and oxygen atoms in total. The van der Waals surface area contributed by atoms with E-state index in [0.717, 1.165) is 60.0 Å². The summed E-state index contributed by atoms with van der Waals surface area (Å²) in [6.45, 7) is 5.05. The molecule has 0 spiro atoms. The fraction of sp³-hybridized carbons (Fsp3) is 0.267. The van der Waals surface area contributed by atoms with E-state index in [1.165, 1.54) is 0 Å². The Morgan fingerprint density at radius 1 is 0.949 bits per heavy atom. The number of rotatable bonds is 9. The van der Waals surface area contributed by atoms with Crippen LogP contribution in [0.2, 0.25) is 5.02 Å². The molecule has 202 valence electrons. The van der Waals surface area contributed by atoms with Gasteiger partial charge in [0.25, 0.3) is 5.91 Å². The highest BCUT2D eigenvalue weighted by Crippen LogP contribution is 2.32. The number of carbonyl (C=O) groups excluding carboxylic acids is 1. The number of hydrogen-bond donors (Lipinski definition) is 2. The molecule has 2 N–H and O–H groups in total. The number of nitrogens with one attached hydrogen (secondary N) is 2. The van der Waals surface area contributed by atoms with E-state index >= 15 is 0 Å². The number of benzene rings is 3. The van der Waals surface area contributed by atoms with Crippen molar-refractivity contribution in [2.75, 3.05) is 63.7 Å². The van der Waals surface area contributed by atoms with E-state index in [-0.39, 0.29) is 5.91 Å². The van der Waals surface area contributed by atoms with Crippen molar-refractivity contribution in [3.63, 3.8) is 0 Å². The Kier molecular flexibility index (Phi) is 8.34.